The van der Waals surface area contributed by atoms with E-state index in [1.165, 1.54) is 48.6 Å². The Labute approximate surface area is 214 Å². The molecule has 0 aliphatic carbocycles. The van der Waals surface area contributed by atoms with E-state index in [-0.39, 0.29) is 34.5 Å². The van der Waals surface area contributed by atoms with Gasteiger partial charge in [0.1, 0.15) is 5.75 Å². The highest BCUT2D eigenvalue weighted by Crippen LogP contribution is 2.32. The van der Waals surface area contributed by atoms with Gasteiger partial charge in [0.25, 0.3) is 15.9 Å². The first kappa shape index (κ1) is 26.5. The van der Waals surface area contributed by atoms with E-state index >= 15 is 0 Å². The van der Waals surface area contributed by atoms with Gasteiger partial charge in [-0.2, -0.15) is 0 Å². The summed E-state index contributed by atoms with van der Waals surface area (Å²) in [6, 6.07) is 14.4. The molecule has 11 heteroatoms. The summed E-state index contributed by atoms with van der Waals surface area (Å²) >= 11 is 7.80. The largest absolute Gasteiger partial charge is 0.495 e. The molecular weight excluding hydrogens is 510 g/mol. The number of amides is 2. The zero-order chi connectivity index (χ0) is 25.6. The van der Waals surface area contributed by atoms with Crippen LogP contribution < -0.4 is 14.4 Å². The molecule has 8 nitrogen and oxygen atoms in total. The number of carbonyl (C=O) groups is 2. The van der Waals surface area contributed by atoms with Gasteiger partial charge in [-0.15, -0.1) is 11.3 Å². The zero-order valence-corrected chi connectivity index (χ0v) is 21.9. The Morgan fingerprint density at radius 1 is 1.11 bits per heavy atom. The third kappa shape index (κ3) is 6.14. The second-order valence-electron chi connectivity index (χ2n) is 7.46. The number of ether oxygens (including phenoxy) is 1. The number of likely N-dealkylation sites (N-methyl/N-ethyl adjacent to an activating group) is 1. The minimum atomic E-state index is -4.04. The summed E-state index contributed by atoms with van der Waals surface area (Å²) in [4.78, 5) is 27.8. The van der Waals surface area contributed by atoms with Gasteiger partial charge in [-0.3, -0.25) is 13.9 Å². The van der Waals surface area contributed by atoms with Crippen molar-refractivity contribution in [2.45, 2.75) is 18.4 Å². The van der Waals surface area contributed by atoms with Crippen molar-refractivity contribution in [2.75, 3.05) is 31.6 Å². The standard InChI is InChI=1S/C24H26ClN3O5S2/c1-4-28(16-23(29)26-15-17-8-7-13-34-17)24(30)19-14-18(11-12-20(19)25)35(31,32)27(2)21-9-5-6-10-22(21)33-3/h5-14H,4,15-16H2,1-3H3,(H,26,29). The number of nitrogens with zero attached hydrogens (tertiary/aromatic N) is 2. The number of hydrogen-bond acceptors (Lipinski definition) is 6. The monoisotopic (exact) mass is 535 g/mol. The van der Waals surface area contributed by atoms with Gasteiger partial charge >= 0.3 is 0 Å². The van der Waals surface area contributed by atoms with Crippen LogP contribution in [0.2, 0.25) is 5.02 Å². The molecule has 0 saturated heterocycles. The van der Waals surface area contributed by atoms with Crippen LogP contribution in [0.5, 0.6) is 5.75 Å². The Morgan fingerprint density at radius 2 is 1.86 bits per heavy atom. The SMILES string of the molecule is CCN(CC(=O)NCc1cccs1)C(=O)c1cc(S(=O)(=O)N(C)c2ccccc2OC)ccc1Cl. The third-order valence-corrected chi connectivity index (χ3v) is 8.27. The number of sulfonamides is 1. The summed E-state index contributed by atoms with van der Waals surface area (Å²) in [5.74, 6) is -0.486. The molecule has 2 aromatic carbocycles. The van der Waals surface area contributed by atoms with Crippen molar-refractivity contribution in [1.29, 1.82) is 0 Å². The quantitative estimate of drug-likeness (QED) is 0.423. The molecule has 186 valence electrons. The number of halogens is 1. The minimum Gasteiger partial charge on any atom is -0.495 e. The predicted molar refractivity (Wildman–Crippen MR) is 138 cm³/mol. The van der Waals surface area contributed by atoms with Gasteiger partial charge in [0.2, 0.25) is 5.91 Å². The molecule has 0 spiro atoms. The zero-order valence-electron chi connectivity index (χ0n) is 19.5. The maximum atomic E-state index is 13.3. The first-order valence-electron chi connectivity index (χ1n) is 10.7. The van der Waals surface area contributed by atoms with Crippen molar-refractivity contribution in [1.82, 2.24) is 10.2 Å². The fourth-order valence-electron chi connectivity index (χ4n) is 3.33. The van der Waals surface area contributed by atoms with Crippen molar-refractivity contribution in [2.24, 2.45) is 0 Å². The van der Waals surface area contributed by atoms with Crippen LogP contribution >= 0.6 is 22.9 Å². The molecule has 1 heterocycles. The Bertz CT molecular complexity index is 1300. The summed E-state index contributed by atoms with van der Waals surface area (Å²) in [6.07, 6.45) is 0. The number of hydrogen-bond donors (Lipinski definition) is 1. The van der Waals surface area contributed by atoms with Crippen LogP contribution in [0.25, 0.3) is 0 Å². The predicted octanol–water partition coefficient (Wildman–Crippen LogP) is 4.01. The van der Waals surface area contributed by atoms with E-state index in [0.29, 0.717) is 18.0 Å². The van der Waals surface area contributed by atoms with Crippen molar-refractivity contribution in [3.05, 3.63) is 75.4 Å². The number of rotatable bonds is 10. The summed E-state index contributed by atoms with van der Waals surface area (Å²) in [5.41, 5.74) is 0.337. The molecule has 1 N–H and O–H groups in total. The van der Waals surface area contributed by atoms with Gasteiger partial charge in [0.05, 0.1) is 41.4 Å². The number of methoxy groups -OCH3 is 1. The molecule has 0 atom stereocenters. The van der Waals surface area contributed by atoms with Gasteiger partial charge in [-0.1, -0.05) is 29.8 Å². The molecule has 3 aromatic rings. The van der Waals surface area contributed by atoms with E-state index in [1.807, 2.05) is 17.5 Å². The molecular formula is C24H26ClN3O5S2. The molecule has 0 radical (unpaired) electrons. The van der Waals surface area contributed by atoms with Gasteiger partial charge in [0.15, 0.2) is 0 Å². The van der Waals surface area contributed by atoms with Crippen LogP contribution in [0.15, 0.2) is 64.9 Å². The van der Waals surface area contributed by atoms with E-state index in [9.17, 15) is 18.0 Å². The van der Waals surface area contributed by atoms with Gasteiger partial charge < -0.3 is 15.0 Å². The van der Waals surface area contributed by atoms with Crippen molar-refractivity contribution >= 4 is 50.5 Å². The molecule has 0 aliphatic rings. The Morgan fingerprint density at radius 3 is 2.51 bits per heavy atom. The lowest BCUT2D eigenvalue weighted by molar-refractivity contribution is -0.121. The average Bonchev–Trinajstić information content (AvgIpc) is 3.39. The molecule has 0 unspecified atom stereocenters. The molecule has 0 aliphatic heterocycles. The van der Waals surface area contributed by atoms with Crippen LogP contribution in [0.4, 0.5) is 5.69 Å². The van der Waals surface area contributed by atoms with E-state index in [2.05, 4.69) is 5.32 Å². The molecule has 0 saturated carbocycles. The topological polar surface area (TPSA) is 96.0 Å². The Balaban J connectivity index is 1.82. The molecule has 35 heavy (non-hydrogen) atoms. The van der Waals surface area contributed by atoms with Gasteiger partial charge in [-0.25, -0.2) is 8.42 Å². The smallest absolute Gasteiger partial charge is 0.264 e. The maximum Gasteiger partial charge on any atom is 0.264 e. The maximum absolute atomic E-state index is 13.3. The lowest BCUT2D eigenvalue weighted by Gasteiger charge is -2.23. The number of thiophene rings is 1. The lowest BCUT2D eigenvalue weighted by atomic mass is 10.2. The highest BCUT2D eigenvalue weighted by atomic mass is 35.5. The van der Waals surface area contributed by atoms with Crippen molar-refractivity contribution in [3.8, 4) is 5.75 Å². The molecule has 3 rings (SSSR count). The number of carbonyl (C=O) groups excluding carboxylic acids is 2. The van der Waals surface area contributed by atoms with Crippen LogP contribution in [-0.2, 0) is 21.4 Å². The highest BCUT2D eigenvalue weighted by molar-refractivity contribution is 7.92. The van der Waals surface area contributed by atoms with E-state index in [0.717, 1.165) is 9.18 Å². The molecule has 0 bridgehead atoms. The first-order chi connectivity index (χ1) is 16.7. The van der Waals surface area contributed by atoms with Gasteiger partial charge in [0, 0.05) is 18.5 Å². The van der Waals surface area contributed by atoms with E-state index in [4.69, 9.17) is 16.3 Å². The fraction of sp³-hybridized carbons (Fsp3) is 0.250. The van der Waals surface area contributed by atoms with Gasteiger partial charge in [-0.05, 0) is 48.7 Å². The summed E-state index contributed by atoms with van der Waals surface area (Å²) in [7, 11) is -1.19. The van der Waals surface area contributed by atoms with E-state index < -0.39 is 15.9 Å². The fourth-order valence-corrected chi connectivity index (χ4v) is 5.41. The number of nitrogens with one attached hydrogen (secondary N) is 1. The minimum absolute atomic E-state index is 0.00549. The number of anilines is 1. The lowest BCUT2D eigenvalue weighted by Crippen LogP contribution is -2.40. The Kier molecular flexibility index (Phi) is 8.76. The molecule has 0 fully saturated rings. The average molecular weight is 536 g/mol. The second kappa shape index (κ2) is 11.6. The van der Waals surface area contributed by atoms with Crippen LogP contribution in [0.1, 0.15) is 22.2 Å². The molecule has 1 aromatic heterocycles. The Hall–Kier alpha value is -3.08. The normalized spacial score (nSPS) is 11.1. The second-order valence-corrected chi connectivity index (χ2v) is 10.9. The summed E-state index contributed by atoms with van der Waals surface area (Å²) in [6.45, 7) is 2.15. The number of benzene rings is 2. The third-order valence-electron chi connectivity index (χ3n) is 5.29. The first-order valence-corrected chi connectivity index (χ1v) is 13.4. The van der Waals surface area contributed by atoms with Crippen LogP contribution in [0.3, 0.4) is 0 Å². The van der Waals surface area contributed by atoms with Crippen LogP contribution in [0, 0.1) is 0 Å². The molecule has 2 amide bonds. The number of para-hydroxylation sites is 2. The highest BCUT2D eigenvalue weighted by Gasteiger charge is 2.27. The van der Waals surface area contributed by atoms with Crippen molar-refractivity contribution in [3.63, 3.8) is 0 Å². The van der Waals surface area contributed by atoms with E-state index in [1.54, 1.807) is 31.2 Å². The summed E-state index contributed by atoms with van der Waals surface area (Å²) < 4.78 is 33.0. The summed E-state index contributed by atoms with van der Waals surface area (Å²) in [5, 5.41) is 4.78. The van der Waals surface area contributed by atoms with Crippen molar-refractivity contribution < 1.29 is 22.7 Å². The van der Waals surface area contributed by atoms with Crippen LogP contribution in [-0.4, -0.2) is 52.4 Å².